The van der Waals surface area contributed by atoms with Gasteiger partial charge in [-0.25, -0.2) is 4.79 Å². The van der Waals surface area contributed by atoms with E-state index in [1.165, 1.54) is 6.08 Å². The maximum atomic E-state index is 11.4. The molecule has 4 heteroatoms. The first-order chi connectivity index (χ1) is 6.40. The summed E-state index contributed by atoms with van der Waals surface area (Å²) in [5.41, 5.74) is -0.0671. The second-order valence-corrected chi connectivity index (χ2v) is 3.53. The van der Waals surface area contributed by atoms with E-state index in [-0.39, 0.29) is 23.4 Å². The van der Waals surface area contributed by atoms with Gasteiger partial charge in [-0.3, -0.25) is 4.79 Å². The predicted octanol–water partition coefficient (Wildman–Crippen LogP) is 1.38. The molecule has 0 saturated heterocycles. The van der Waals surface area contributed by atoms with E-state index >= 15 is 0 Å². The fourth-order valence-corrected chi connectivity index (χ4v) is 0.798. The smallest absolute Gasteiger partial charge is 0.352 e. The molecule has 0 aromatic carbocycles. The van der Waals surface area contributed by atoms with Gasteiger partial charge in [-0.15, -0.1) is 0 Å². The standard InChI is InChI=1S/C10H17NO3/c1-5-8(10(13)14)11-9(12)7(4)6(2)3/h5-7H,1-4H3,(H,11,12)(H,13,14)/b8-5+. The Kier molecular flexibility index (Phi) is 4.91. The zero-order valence-electron chi connectivity index (χ0n) is 9.00. The molecule has 0 aromatic rings. The average molecular weight is 199 g/mol. The van der Waals surface area contributed by atoms with Crippen molar-refractivity contribution in [3.8, 4) is 0 Å². The van der Waals surface area contributed by atoms with Gasteiger partial charge in [0, 0.05) is 5.92 Å². The van der Waals surface area contributed by atoms with E-state index < -0.39 is 5.97 Å². The number of carbonyl (C=O) groups excluding carboxylic acids is 1. The monoisotopic (exact) mass is 199 g/mol. The zero-order chi connectivity index (χ0) is 11.3. The lowest BCUT2D eigenvalue weighted by Gasteiger charge is -2.15. The van der Waals surface area contributed by atoms with E-state index in [9.17, 15) is 9.59 Å². The third kappa shape index (κ3) is 3.60. The van der Waals surface area contributed by atoms with Gasteiger partial charge < -0.3 is 10.4 Å². The van der Waals surface area contributed by atoms with Crippen LogP contribution in [0.2, 0.25) is 0 Å². The van der Waals surface area contributed by atoms with Crippen LogP contribution in [0.4, 0.5) is 0 Å². The van der Waals surface area contributed by atoms with Crippen molar-refractivity contribution in [3.63, 3.8) is 0 Å². The highest BCUT2D eigenvalue weighted by molar-refractivity contribution is 5.93. The van der Waals surface area contributed by atoms with Gasteiger partial charge in [0.15, 0.2) is 0 Å². The van der Waals surface area contributed by atoms with E-state index in [0.717, 1.165) is 0 Å². The molecule has 0 aliphatic heterocycles. The van der Waals surface area contributed by atoms with Gasteiger partial charge in [-0.05, 0) is 12.8 Å². The lowest BCUT2D eigenvalue weighted by atomic mass is 9.97. The Morgan fingerprint density at radius 2 is 1.79 bits per heavy atom. The van der Waals surface area contributed by atoms with Gasteiger partial charge in [0.25, 0.3) is 0 Å². The molecule has 2 N–H and O–H groups in total. The van der Waals surface area contributed by atoms with Crippen LogP contribution in [0.5, 0.6) is 0 Å². The first-order valence-electron chi connectivity index (χ1n) is 4.60. The molecular formula is C10H17NO3. The number of carboxylic acids is 1. The Labute approximate surface area is 84.0 Å². The largest absolute Gasteiger partial charge is 0.477 e. The third-order valence-corrected chi connectivity index (χ3v) is 2.19. The van der Waals surface area contributed by atoms with Crippen LogP contribution in [0.15, 0.2) is 11.8 Å². The van der Waals surface area contributed by atoms with Crippen molar-refractivity contribution >= 4 is 11.9 Å². The predicted molar refractivity (Wildman–Crippen MR) is 53.5 cm³/mol. The van der Waals surface area contributed by atoms with E-state index in [1.807, 2.05) is 13.8 Å². The minimum Gasteiger partial charge on any atom is -0.477 e. The van der Waals surface area contributed by atoms with Crippen molar-refractivity contribution in [3.05, 3.63) is 11.8 Å². The van der Waals surface area contributed by atoms with E-state index in [2.05, 4.69) is 5.32 Å². The van der Waals surface area contributed by atoms with Crippen molar-refractivity contribution in [2.45, 2.75) is 27.7 Å². The highest BCUT2D eigenvalue weighted by Gasteiger charge is 2.19. The van der Waals surface area contributed by atoms with Crippen LogP contribution in [-0.2, 0) is 9.59 Å². The molecule has 0 spiro atoms. The minimum atomic E-state index is -1.11. The van der Waals surface area contributed by atoms with Gasteiger partial charge in [0.2, 0.25) is 5.91 Å². The molecule has 0 saturated carbocycles. The molecule has 0 rings (SSSR count). The molecule has 0 aliphatic carbocycles. The fraction of sp³-hybridized carbons (Fsp3) is 0.600. The molecule has 0 aromatic heterocycles. The van der Waals surface area contributed by atoms with Crippen LogP contribution in [0, 0.1) is 11.8 Å². The molecule has 0 radical (unpaired) electrons. The summed E-state index contributed by atoms with van der Waals surface area (Å²) in [7, 11) is 0. The molecule has 0 aliphatic rings. The van der Waals surface area contributed by atoms with Crippen molar-refractivity contribution in [2.24, 2.45) is 11.8 Å². The minimum absolute atomic E-state index is 0.0671. The van der Waals surface area contributed by atoms with Crippen LogP contribution in [0.1, 0.15) is 27.7 Å². The van der Waals surface area contributed by atoms with Gasteiger partial charge in [-0.2, -0.15) is 0 Å². The molecule has 80 valence electrons. The second-order valence-electron chi connectivity index (χ2n) is 3.53. The summed E-state index contributed by atoms with van der Waals surface area (Å²) in [5.74, 6) is -1.36. The number of hydrogen-bond donors (Lipinski definition) is 2. The quantitative estimate of drug-likeness (QED) is 0.672. The Hall–Kier alpha value is -1.32. The normalized spacial score (nSPS) is 13.9. The first-order valence-corrected chi connectivity index (χ1v) is 4.60. The second kappa shape index (κ2) is 5.42. The molecule has 0 bridgehead atoms. The molecule has 0 heterocycles. The highest BCUT2D eigenvalue weighted by Crippen LogP contribution is 2.09. The van der Waals surface area contributed by atoms with Crippen molar-refractivity contribution in [2.75, 3.05) is 0 Å². The summed E-state index contributed by atoms with van der Waals surface area (Å²) in [6.07, 6.45) is 1.37. The molecular weight excluding hydrogens is 182 g/mol. The van der Waals surface area contributed by atoms with Crippen LogP contribution in [-0.4, -0.2) is 17.0 Å². The van der Waals surface area contributed by atoms with Crippen LogP contribution < -0.4 is 5.32 Å². The molecule has 1 atom stereocenters. The summed E-state index contributed by atoms with van der Waals surface area (Å²) in [4.78, 5) is 22.0. The number of rotatable bonds is 4. The number of aliphatic carboxylic acids is 1. The van der Waals surface area contributed by atoms with Crippen LogP contribution >= 0.6 is 0 Å². The van der Waals surface area contributed by atoms with Gasteiger partial charge in [0.05, 0.1) is 0 Å². The highest BCUT2D eigenvalue weighted by atomic mass is 16.4. The van der Waals surface area contributed by atoms with E-state index in [4.69, 9.17) is 5.11 Å². The Morgan fingerprint density at radius 1 is 1.29 bits per heavy atom. The molecule has 0 fully saturated rings. The molecule has 1 amide bonds. The van der Waals surface area contributed by atoms with E-state index in [0.29, 0.717) is 0 Å². The van der Waals surface area contributed by atoms with Crippen molar-refractivity contribution in [1.82, 2.24) is 5.32 Å². The lowest BCUT2D eigenvalue weighted by Crippen LogP contribution is -2.33. The lowest BCUT2D eigenvalue weighted by molar-refractivity contribution is -0.135. The average Bonchev–Trinajstić information content (AvgIpc) is 2.11. The van der Waals surface area contributed by atoms with Gasteiger partial charge in [0.1, 0.15) is 5.70 Å². The van der Waals surface area contributed by atoms with Gasteiger partial charge in [-0.1, -0.05) is 26.8 Å². The number of nitrogens with one attached hydrogen (secondary N) is 1. The van der Waals surface area contributed by atoms with Gasteiger partial charge >= 0.3 is 5.97 Å². The maximum Gasteiger partial charge on any atom is 0.352 e. The summed E-state index contributed by atoms with van der Waals surface area (Å²) in [5, 5.41) is 11.0. The fourth-order valence-electron chi connectivity index (χ4n) is 0.798. The SMILES string of the molecule is C/C=C(/NC(=O)C(C)C(C)C)C(=O)O. The van der Waals surface area contributed by atoms with Crippen LogP contribution in [0.3, 0.4) is 0 Å². The Morgan fingerprint density at radius 3 is 2.07 bits per heavy atom. The molecule has 4 nitrogen and oxygen atoms in total. The summed E-state index contributed by atoms with van der Waals surface area (Å²) in [6, 6.07) is 0. The van der Waals surface area contributed by atoms with Crippen LogP contribution in [0.25, 0.3) is 0 Å². The third-order valence-electron chi connectivity index (χ3n) is 2.19. The summed E-state index contributed by atoms with van der Waals surface area (Å²) >= 11 is 0. The number of amides is 1. The number of carbonyl (C=O) groups is 2. The molecule has 1 unspecified atom stereocenters. The number of hydrogen-bond acceptors (Lipinski definition) is 2. The number of carboxylic acid groups (broad SMARTS) is 1. The maximum absolute atomic E-state index is 11.4. The van der Waals surface area contributed by atoms with Crippen molar-refractivity contribution < 1.29 is 14.7 Å². The van der Waals surface area contributed by atoms with Crippen molar-refractivity contribution in [1.29, 1.82) is 0 Å². The Bertz CT molecular complexity index is 256. The van der Waals surface area contributed by atoms with E-state index in [1.54, 1.807) is 13.8 Å². The zero-order valence-corrected chi connectivity index (χ0v) is 9.00. The Balaban J connectivity index is 4.39. The summed E-state index contributed by atoms with van der Waals surface area (Å²) < 4.78 is 0. The number of allylic oxidation sites excluding steroid dienone is 1. The topological polar surface area (TPSA) is 66.4 Å². The summed E-state index contributed by atoms with van der Waals surface area (Å²) in [6.45, 7) is 7.18. The molecule has 14 heavy (non-hydrogen) atoms. The first kappa shape index (κ1) is 12.7.